The maximum absolute atomic E-state index is 5.54. The fraction of sp³-hybridized carbons (Fsp3) is 1.00. The third kappa shape index (κ3) is 9.70. The molecule has 0 spiro atoms. The monoisotopic (exact) mass is 372 g/mol. The zero-order valence-corrected chi connectivity index (χ0v) is 11.7. The van der Waals surface area contributed by atoms with Crippen LogP contribution in [0.15, 0.2) is 0 Å². The van der Waals surface area contributed by atoms with Crippen LogP contribution in [0.1, 0.15) is 26.2 Å². The zero-order valence-electron chi connectivity index (χ0n) is 5.87. The molecule has 62 valence electrons. The standard InChI is InChI=1S/C5H11O.3ClH.Hf/c1-2-3-4-5-6;;;;/h2-5H2,1H3;3*1H;/q-1;;;;+4/p-3. The van der Waals surface area contributed by atoms with Crippen LogP contribution in [0.2, 0.25) is 0 Å². The van der Waals surface area contributed by atoms with Gasteiger partial charge in [-0.2, -0.15) is 0 Å². The number of halogens is 3. The Morgan fingerprint density at radius 1 is 1.20 bits per heavy atom. The molecule has 0 bridgehead atoms. The average molecular weight is 372 g/mol. The van der Waals surface area contributed by atoms with Gasteiger partial charge in [-0.3, -0.25) is 0 Å². The van der Waals surface area contributed by atoms with E-state index in [1.807, 2.05) is 0 Å². The van der Waals surface area contributed by atoms with E-state index in [9.17, 15) is 0 Å². The quantitative estimate of drug-likeness (QED) is 0.528. The summed E-state index contributed by atoms with van der Waals surface area (Å²) in [5, 5.41) is 0. The van der Waals surface area contributed by atoms with Gasteiger partial charge in [0.2, 0.25) is 0 Å². The molecule has 0 saturated heterocycles. The van der Waals surface area contributed by atoms with Crippen LogP contribution in [-0.2, 0) is 19.7 Å². The number of hydrogen-bond acceptors (Lipinski definition) is 1. The van der Waals surface area contributed by atoms with Crippen LogP contribution >= 0.6 is 25.7 Å². The van der Waals surface area contributed by atoms with Gasteiger partial charge in [0.15, 0.2) is 0 Å². The molecule has 0 aliphatic heterocycles. The first kappa shape index (κ1) is 11.7. The van der Waals surface area contributed by atoms with Crippen LogP contribution in [0, 0.1) is 0 Å². The molecule has 0 aromatic rings. The molecule has 0 amide bonds. The first-order valence-electron chi connectivity index (χ1n) is 3.27. The molecule has 0 N–H and O–H groups in total. The zero-order chi connectivity index (χ0) is 8.04. The van der Waals surface area contributed by atoms with Crippen molar-refractivity contribution >= 4 is 25.7 Å². The van der Waals surface area contributed by atoms with Gasteiger partial charge in [-0.15, -0.1) is 0 Å². The van der Waals surface area contributed by atoms with Crippen molar-refractivity contribution in [3.8, 4) is 0 Å². The van der Waals surface area contributed by atoms with Crippen molar-refractivity contribution in [1.29, 1.82) is 0 Å². The van der Waals surface area contributed by atoms with Crippen molar-refractivity contribution < 1.29 is 19.7 Å². The Bertz CT molecular complexity index is 83.5. The average Bonchev–Trinajstić information content (AvgIpc) is 1.78. The first-order chi connectivity index (χ1) is 4.56. The Kier molecular flexibility index (Phi) is 7.30. The molecule has 0 radical (unpaired) electrons. The summed E-state index contributed by atoms with van der Waals surface area (Å²) in [4.78, 5) is 0. The SMILES string of the molecule is CCCCC[O][Hf]([Cl])([Cl])[Cl]. The van der Waals surface area contributed by atoms with E-state index in [4.69, 9.17) is 28.6 Å². The van der Waals surface area contributed by atoms with Gasteiger partial charge in [-0.25, -0.2) is 0 Å². The molecule has 1 nitrogen and oxygen atoms in total. The molecule has 0 aliphatic rings. The van der Waals surface area contributed by atoms with Crippen LogP contribution in [0.5, 0.6) is 0 Å². The summed E-state index contributed by atoms with van der Waals surface area (Å²) < 4.78 is 5.05. The van der Waals surface area contributed by atoms with Gasteiger partial charge in [0.25, 0.3) is 0 Å². The normalized spacial score (nSPS) is 12.0. The number of hydrogen-bond donors (Lipinski definition) is 0. The van der Waals surface area contributed by atoms with Gasteiger partial charge in [-0.05, 0) is 0 Å². The summed E-state index contributed by atoms with van der Waals surface area (Å²) >= 11 is -3.54. The molecular formula is C5H11Cl3HfO. The first-order valence-corrected chi connectivity index (χ1v) is 18.1. The Morgan fingerprint density at radius 3 is 2.20 bits per heavy atom. The summed E-state index contributed by atoms with van der Waals surface area (Å²) in [6, 6.07) is 0. The Labute approximate surface area is 77.6 Å². The summed E-state index contributed by atoms with van der Waals surface area (Å²) in [6.45, 7) is 2.74. The summed E-state index contributed by atoms with van der Waals surface area (Å²) in [7, 11) is 16.6. The molecule has 0 heterocycles. The van der Waals surface area contributed by atoms with Crippen molar-refractivity contribution in [2.45, 2.75) is 26.2 Å². The van der Waals surface area contributed by atoms with Gasteiger partial charge in [0.1, 0.15) is 0 Å². The van der Waals surface area contributed by atoms with Crippen LogP contribution < -0.4 is 0 Å². The molecule has 0 rings (SSSR count). The van der Waals surface area contributed by atoms with Gasteiger partial charge < -0.3 is 0 Å². The Hall–Kier alpha value is 1.70. The Morgan fingerprint density at radius 2 is 1.80 bits per heavy atom. The van der Waals surface area contributed by atoms with Crippen molar-refractivity contribution in [1.82, 2.24) is 0 Å². The second-order valence-electron chi connectivity index (χ2n) is 2.00. The predicted octanol–water partition coefficient (Wildman–Crippen LogP) is 3.72. The molecule has 0 saturated carbocycles. The van der Waals surface area contributed by atoms with Crippen LogP contribution in [0.4, 0.5) is 0 Å². The van der Waals surface area contributed by atoms with E-state index < -0.39 is 16.9 Å². The van der Waals surface area contributed by atoms with Gasteiger partial charge in [0, 0.05) is 0 Å². The molecule has 0 fully saturated rings. The number of rotatable bonds is 5. The third-order valence-electron chi connectivity index (χ3n) is 1.01. The van der Waals surface area contributed by atoms with Crippen molar-refractivity contribution in [3.63, 3.8) is 0 Å². The van der Waals surface area contributed by atoms with Gasteiger partial charge in [0.05, 0.1) is 0 Å². The molecule has 0 aromatic carbocycles. The fourth-order valence-electron chi connectivity index (χ4n) is 0.540. The number of unbranched alkanes of at least 4 members (excludes halogenated alkanes) is 2. The molecule has 10 heavy (non-hydrogen) atoms. The molecule has 0 atom stereocenters. The van der Waals surface area contributed by atoms with E-state index >= 15 is 0 Å². The molecule has 5 heteroatoms. The van der Waals surface area contributed by atoms with Gasteiger partial charge in [-0.1, -0.05) is 0 Å². The summed E-state index contributed by atoms with van der Waals surface area (Å²) in [6.07, 6.45) is 3.32. The predicted molar refractivity (Wildman–Crippen MR) is 43.0 cm³/mol. The minimum absolute atomic E-state index is 0.617. The van der Waals surface area contributed by atoms with Gasteiger partial charge >= 0.3 is 78.2 Å². The molecule has 0 aromatic heterocycles. The molecule has 0 aliphatic carbocycles. The summed E-state index contributed by atoms with van der Waals surface area (Å²) in [5.41, 5.74) is 0. The maximum atomic E-state index is 5.54. The minimum atomic E-state index is -3.54. The fourth-order valence-corrected chi connectivity index (χ4v) is 3.78. The van der Waals surface area contributed by atoms with E-state index in [1.165, 1.54) is 6.42 Å². The van der Waals surface area contributed by atoms with E-state index in [0.717, 1.165) is 12.8 Å². The second-order valence-corrected chi connectivity index (χ2v) is 24.1. The van der Waals surface area contributed by atoms with Crippen molar-refractivity contribution in [2.24, 2.45) is 0 Å². The molecule has 0 unspecified atom stereocenters. The van der Waals surface area contributed by atoms with Crippen LogP contribution in [-0.4, -0.2) is 6.61 Å². The van der Waals surface area contributed by atoms with Crippen molar-refractivity contribution in [3.05, 3.63) is 0 Å². The summed E-state index contributed by atoms with van der Waals surface area (Å²) in [5.74, 6) is 0. The van der Waals surface area contributed by atoms with E-state index in [-0.39, 0.29) is 0 Å². The van der Waals surface area contributed by atoms with E-state index in [1.54, 1.807) is 0 Å². The van der Waals surface area contributed by atoms with Crippen molar-refractivity contribution in [2.75, 3.05) is 6.61 Å². The van der Waals surface area contributed by atoms with Crippen LogP contribution in [0.25, 0.3) is 0 Å². The van der Waals surface area contributed by atoms with Crippen LogP contribution in [0.3, 0.4) is 0 Å². The Balaban J connectivity index is 3.04. The van der Waals surface area contributed by atoms with E-state index in [0.29, 0.717) is 6.61 Å². The second kappa shape index (κ2) is 6.24. The van der Waals surface area contributed by atoms with E-state index in [2.05, 4.69) is 6.92 Å². The third-order valence-corrected chi connectivity index (χ3v) is 5.60. The topological polar surface area (TPSA) is 9.23 Å². The molecular weight excluding hydrogens is 361 g/mol.